The van der Waals surface area contributed by atoms with Gasteiger partial charge in [-0.1, -0.05) is 18.7 Å². The number of anilines is 1. The molecule has 0 atom stereocenters. The van der Waals surface area contributed by atoms with E-state index in [0.29, 0.717) is 6.61 Å². The second-order valence-electron chi connectivity index (χ2n) is 4.45. The van der Waals surface area contributed by atoms with Crippen molar-refractivity contribution in [2.45, 2.75) is 6.54 Å². The number of benzene rings is 2. The number of methoxy groups -OCH3 is 1. The van der Waals surface area contributed by atoms with Crippen molar-refractivity contribution in [2.75, 3.05) is 19.0 Å². The van der Waals surface area contributed by atoms with Crippen molar-refractivity contribution in [2.24, 2.45) is 0 Å². The lowest BCUT2D eigenvalue weighted by Crippen LogP contribution is -2.00. The van der Waals surface area contributed by atoms with Gasteiger partial charge in [-0.15, -0.1) is 0 Å². The first-order valence-corrected chi connectivity index (χ1v) is 7.42. The van der Waals surface area contributed by atoms with E-state index in [-0.39, 0.29) is 0 Å². The highest BCUT2D eigenvalue weighted by Gasteiger charge is 2.02. The Morgan fingerprint density at radius 3 is 2.57 bits per heavy atom. The van der Waals surface area contributed by atoms with E-state index in [9.17, 15) is 0 Å². The average molecular weight is 348 g/mol. The molecule has 0 fully saturated rings. The fourth-order valence-corrected chi connectivity index (χ4v) is 2.37. The molecule has 0 heterocycles. The largest absolute Gasteiger partial charge is 0.497 e. The summed E-state index contributed by atoms with van der Waals surface area (Å²) in [6, 6.07) is 13.9. The molecule has 4 heteroatoms. The van der Waals surface area contributed by atoms with Gasteiger partial charge in [0.1, 0.15) is 18.1 Å². The Kier molecular flexibility index (Phi) is 5.69. The van der Waals surface area contributed by atoms with Gasteiger partial charge in [-0.05, 0) is 57.9 Å². The molecule has 0 aromatic heterocycles. The van der Waals surface area contributed by atoms with Crippen molar-refractivity contribution >= 4 is 21.6 Å². The Morgan fingerprint density at radius 1 is 1.19 bits per heavy atom. The Balaban J connectivity index is 1.96. The number of hydrogen-bond acceptors (Lipinski definition) is 3. The molecule has 0 radical (unpaired) electrons. The highest BCUT2D eigenvalue weighted by atomic mass is 79.9. The van der Waals surface area contributed by atoms with Gasteiger partial charge in [0.05, 0.1) is 11.6 Å². The standard InChI is InChI=1S/C17H18BrNO2/c1-3-10-21-17-9-4-13(11-16(17)18)12-19-14-5-7-15(20-2)8-6-14/h3-9,11,19H,1,10,12H2,2H3. The van der Waals surface area contributed by atoms with Crippen molar-refractivity contribution in [3.05, 3.63) is 65.2 Å². The molecule has 2 aromatic carbocycles. The normalized spacial score (nSPS) is 10.0. The van der Waals surface area contributed by atoms with Crippen LogP contribution in [-0.2, 0) is 6.54 Å². The SMILES string of the molecule is C=CCOc1ccc(CNc2ccc(OC)cc2)cc1Br. The molecule has 0 aliphatic carbocycles. The van der Waals surface area contributed by atoms with Gasteiger partial charge >= 0.3 is 0 Å². The number of hydrogen-bond donors (Lipinski definition) is 1. The number of nitrogens with one attached hydrogen (secondary N) is 1. The van der Waals surface area contributed by atoms with Gasteiger partial charge in [-0.3, -0.25) is 0 Å². The second-order valence-corrected chi connectivity index (χ2v) is 5.30. The van der Waals surface area contributed by atoms with Crippen LogP contribution in [-0.4, -0.2) is 13.7 Å². The lowest BCUT2D eigenvalue weighted by molar-refractivity contribution is 0.361. The Morgan fingerprint density at radius 2 is 1.95 bits per heavy atom. The molecular formula is C17H18BrNO2. The molecule has 0 saturated heterocycles. The molecular weight excluding hydrogens is 330 g/mol. The summed E-state index contributed by atoms with van der Waals surface area (Å²) in [5.74, 6) is 1.68. The van der Waals surface area contributed by atoms with Gasteiger partial charge in [-0.2, -0.15) is 0 Å². The summed E-state index contributed by atoms with van der Waals surface area (Å²) in [5, 5.41) is 3.37. The predicted octanol–water partition coefficient (Wildman–Crippen LogP) is 4.63. The van der Waals surface area contributed by atoms with E-state index < -0.39 is 0 Å². The van der Waals surface area contributed by atoms with Crippen LogP contribution in [0.5, 0.6) is 11.5 Å². The van der Waals surface area contributed by atoms with Gasteiger partial charge in [-0.25, -0.2) is 0 Å². The molecule has 0 saturated carbocycles. The molecule has 2 rings (SSSR count). The summed E-state index contributed by atoms with van der Waals surface area (Å²) in [4.78, 5) is 0. The minimum Gasteiger partial charge on any atom is -0.497 e. The van der Waals surface area contributed by atoms with Gasteiger partial charge < -0.3 is 14.8 Å². The first kappa shape index (κ1) is 15.4. The maximum atomic E-state index is 5.53. The molecule has 1 N–H and O–H groups in total. The van der Waals surface area contributed by atoms with Crippen molar-refractivity contribution < 1.29 is 9.47 Å². The third-order valence-corrected chi connectivity index (χ3v) is 3.56. The minimum atomic E-state index is 0.502. The summed E-state index contributed by atoms with van der Waals surface area (Å²) >= 11 is 3.52. The first-order valence-electron chi connectivity index (χ1n) is 6.63. The van der Waals surface area contributed by atoms with Crippen molar-refractivity contribution in [3.63, 3.8) is 0 Å². The number of ether oxygens (including phenoxy) is 2. The zero-order valence-corrected chi connectivity index (χ0v) is 13.5. The number of rotatable bonds is 7. The van der Waals surface area contributed by atoms with Crippen LogP contribution in [0.25, 0.3) is 0 Å². The number of halogens is 1. The first-order chi connectivity index (χ1) is 10.2. The molecule has 0 unspecified atom stereocenters. The molecule has 21 heavy (non-hydrogen) atoms. The molecule has 0 spiro atoms. The van der Waals surface area contributed by atoms with E-state index in [0.717, 1.165) is 28.2 Å². The molecule has 3 nitrogen and oxygen atoms in total. The summed E-state index contributed by atoms with van der Waals surface area (Å²) in [6.45, 7) is 4.88. The fraction of sp³-hybridized carbons (Fsp3) is 0.176. The summed E-state index contributed by atoms with van der Waals surface area (Å²) < 4.78 is 11.6. The minimum absolute atomic E-state index is 0.502. The second kappa shape index (κ2) is 7.74. The Labute approximate surface area is 133 Å². The lowest BCUT2D eigenvalue weighted by atomic mass is 10.2. The summed E-state index contributed by atoms with van der Waals surface area (Å²) in [7, 11) is 1.66. The van der Waals surface area contributed by atoms with E-state index in [1.54, 1.807) is 13.2 Å². The van der Waals surface area contributed by atoms with Crippen LogP contribution in [0, 0.1) is 0 Å². The van der Waals surface area contributed by atoms with Crippen LogP contribution in [0.2, 0.25) is 0 Å². The van der Waals surface area contributed by atoms with Gasteiger partial charge in [0, 0.05) is 12.2 Å². The van der Waals surface area contributed by atoms with Gasteiger partial charge in [0.2, 0.25) is 0 Å². The van der Waals surface area contributed by atoms with E-state index in [2.05, 4.69) is 33.9 Å². The molecule has 0 aliphatic rings. The highest BCUT2D eigenvalue weighted by Crippen LogP contribution is 2.26. The highest BCUT2D eigenvalue weighted by molar-refractivity contribution is 9.10. The van der Waals surface area contributed by atoms with E-state index >= 15 is 0 Å². The molecule has 0 amide bonds. The van der Waals surface area contributed by atoms with Crippen LogP contribution in [0.15, 0.2) is 59.6 Å². The third kappa shape index (κ3) is 4.53. The van der Waals surface area contributed by atoms with E-state index in [1.807, 2.05) is 36.4 Å². The van der Waals surface area contributed by atoms with Gasteiger partial charge in [0.15, 0.2) is 0 Å². The molecule has 0 bridgehead atoms. The van der Waals surface area contributed by atoms with E-state index in [1.165, 1.54) is 5.56 Å². The van der Waals surface area contributed by atoms with Crippen LogP contribution >= 0.6 is 15.9 Å². The Bertz CT molecular complexity index is 596. The van der Waals surface area contributed by atoms with Crippen LogP contribution in [0.3, 0.4) is 0 Å². The fourth-order valence-electron chi connectivity index (χ4n) is 1.83. The van der Waals surface area contributed by atoms with Crippen molar-refractivity contribution in [1.82, 2.24) is 0 Å². The summed E-state index contributed by atoms with van der Waals surface area (Å²) in [5.41, 5.74) is 2.22. The molecule has 2 aromatic rings. The smallest absolute Gasteiger partial charge is 0.133 e. The zero-order valence-electron chi connectivity index (χ0n) is 11.9. The van der Waals surface area contributed by atoms with Gasteiger partial charge in [0.25, 0.3) is 0 Å². The quantitative estimate of drug-likeness (QED) is 0.740. The third-order valence-electron chi connectivity index (χ3n) is 2.94. The lowest BCUT2D eigenvalue weighted by Gasteiger charge is -2.10. The van der Waals surface area contributed by atoms with E-state index in [4.69, 9.17) is 9.47 Å². The van der Waals surface area contributed by atoms with Crippen LogP contribution < -0.4 is 14.8 Å². The maximum absolute atomic E-state index is 5.53. The van der Waals surface area contributed by atoms with Crippen LogP contribution in [0.1, 0.15) is 5.56 Å². The van der Waals surface area contributed by atoms with Crippen molar-refractivity contribution in [3.8, 4) is 11.5 Å². The zero-order chi connectivity index (χ0) is 15.1. The maximum Gasteiger partial charge on any atom is 0.133 e. The summed E-state index contributed by atoms with van der Waals surface area (Å²) in [6.07, 6.45) is 1.73. The Hall–Kier alpha value is -1.94. The predicted molar refractivity (Wildman–Crippen MR) is 90.2 cm³/mol. The average Bonchev–Trinajstić information content (AvgIpc) is 2.52. The van der Waals surface area contributed by atoms with Crippen LogP contribution in [0.4, 0.5) is 5.69 Å². The van der Waals surface area contributed by atoms with Crippen molar-refractivity contribution in [1.29, 1.82) is 0 Å². The molecule has 110 valence electrons. The molecule has 0 aliphatic heterocycles. The monoisotopic (exact) mass is 347 g/mol. The topological polar surface area (TPSA) is 30.5 Å².